The van der Waals surface area contributed by atoms with Gasteiger partial charge in [0.25, 0.3) is 0 Å². The van der Waals surface area contributed by atoms with E-state index in [-0.39, 0.29) is 40.9 Å². The molecule has 1 saturated heterocycles. The molecular weight excluding hydrogens is 616 g/mol. The van der Waals surface area contributed by atoms with E-state index in [9.17, 15) is 9.59 Å². The van der Waals surface area contributed by atoms with E-state index in [4.69, 9.17) is 9.47 Å². The Balaban J connectivity index is 1.10. The molecule has 262 valence electrons. The largest absolute Gasteiger partial charge is 0.496 e. The first-order valence-electron chi connectivity index (χ1n) is 18.4. The minimum absolute atomic E-state index is 0.0615. The van der Waals surface area contributed by atoms with Crippen molar-refractivity contribution in [1.82, 2.24) is 24.9 Å². The number of hydrogen-bond donors (Lipinski definition) is 0. The molecule has 5 aliphatic rings. The number of aromatic nitrogens is 4. The van der Waals surface area contributed by atoms with Crippen LogP contribution in [0.1, 0.15) is 102 Å². The number of benzene rings is 1. The van der Waals surface area contributed by atoms with E-state index < -0.39 is 0 Å². The number of ether oxygens (including phenoxy) is 2. The van der Waals surface area contributed by atoms with Crippen LogP contribution in [0.4, 0.5) is 10.5 Å². The zero-order valence-electron chi connectivity index (χ0n) is 29.9. The highest BCUT2D eigenvalue weighted by atomic mass is 16.6. The molecule has 2 amide bonds. The Morgan fingerprint density at radius 1 is 1.00 bits per heavy atom. The average Bonchev–Trinajstić information content (AvgIpc) is 3.61. The standard InChI is InChI=1S/C39H52N6O4/c1-26(2)45-24-30(20-41-45)34-19-32(21-40-42-34)44(36(46)29-6-9-33(10-7-29)49-37(47)43-22-27(3)23-43)25-38-12-15-39(16-13-38,17-14-38)31-8-11-35(48-5)28(4)18-31/h8,11,18-21,24,26-27,29,33H,6-7,9-10,12-17,22-23,25H2,1-5H3. The number of rotatable bonds is 9. The lowest BCUT2D eigenvalue weighted by Gasteiger charge is -2.55. The Kier molecular flexibility index (Phi) is 9.17. The molecule has 0 N–H and O–H groups in total. The van der Waals surface area contributed by atoms with Gasteiger partial charge in [-0.1, -0.05) is 19.1 Å². The number of carbonyl (C=O) groups excluding carboxylic acids is 2. The van der Waals surface area contributed by atoms with E-state index in [0.29, 0.717) is 38.1 Å². The molecule has 0 atom stereocenters. The van der Waals surface area contributed by atoms with Crippen molar-refractivity contribution >= 4 is 17.7 Å². The second-order valence-electron chi connectivity index (χ2n) is 15.9. The molecule has 3 aromatic rings. The van der Waals surface area contributed by atoms with Gasteiger partial charge in [-0.25, -0.2) is 4.79 Å². The van der Waals surface area contributed by atoms with Gasteiger partial charge in [0.2, 0.25) is 5.91 Å². The third-order valence-corrected chi connectivity index (χ3v) is 12.2. The minimum atomic E-state index is -0.208. The predicted octanol–water partition coefficient (Wildman–Crippen LogP) is 7.51. The number of anilines is 1. The van der Waals surface area contributed by atoms with Crippen molar-refractivity contribution < 1.29 is 19.1 Å². The van der Waals surface area contributed by atoms with Crippen LogP contribution >= 0.6 is 0 Å². The van der Waals surface area contributed by atoms with Crippen LogP contribution in [0.15, 0.2) is 42.9 Å². The summed E-state index contributed by atoms with van der Waals surface area (Å²) < 4.78 is 13.3. The van der Waals surface area contributed by atoms with Crippen molar-refractivity contribution in [2.45, 2.75) is 109 Å². The van der Waals surface area contributed by atoms with Gasteiger partial charge in [0.15, 0.2) is 0 Å². The van der Waals surface area contributed by atoms with Crippen LogP contribution in [0.3, 0.4) is 0 Å². The minimum Gasteiger partial charge on any atom is -0.496 e. The first-order valence-corrected chi connectivity index (χ1v) is 18.4. The number of hydrogen-bond acceptors (Lipinski definition) is 7. The summed E-state index contributed by atoms with van der Waals surface area (Å²) >= 11 is 0. The van der Waals surface area contributed by atoms with Crippen LogP contribution in [0.5, 0.6) is 5.75 Å². The van der Waals surface area contributed by atoms with Crippen molar-refractivity contribution in [3.8, 4) is 17.0 Å². The smallest absolute Gasteiger partial charge is 0.410 e. The second kappa shape index (κ2) is 13.4. The SMILES string of the molecule is COc1ccc(C23CCC(CN(C(=O)C4CCC(OC(=O)N5CC(C)C5)CC4)c4cnnc(-c5cnn(C(C)C)c5)c4)(CC2)CC3)cc1C. The number of nitrogens with zero attached hydrogens (tertiary/aromatic N) is 6. The fraction of sp³-hybridized carbons (Fsp3) is 0.615. The molecule has 4 aliphatic carbocycles. The van der Waals surface area contributed by atoms with Gasteiger partial charge in [-0.2, -0.15) is 15.3 Å². The quantitative estimate of drug-likeness (QED) is 0.233. The highest BCUT2D eigenvalue weighted by molar-refractivity contribution is 5.95. The van der Waals surface area contributed by atoms with E-state index in [1.165, 1.54) is 11.1 Å². The topological polar surface area (TPSA) is 103 Å². The Bertz CT molecular complexity index is 1650. The zero-order valence-corrected chi connectivity index (χ0v) is 29.9. The van der Waals surface area contributed by atoms with Crippen molar-refractivity contribution in [3.05, 3.63) is 54.0 Å². The lowest BCUT2D eigenvalue weighted by molar-refractivity contribution is -0.124. The first-order chi connectivity index (χ1) is 23.6. The lowest BCUT2D eigenvalue weighted by atomic mass is 9.51. The second-order valence-corrected chi connectivity index (χ2v) is 15.9. The molecule has 2 aromatic heterocycles. The summed E-state index contributed by atoms with van der Waals surface area (Å²) in [4.78, 5) is 31.0. The third-order valence-electron chi connectivity index (χ3n) is 12.2. The highest BCUT2D eigenvalue weighted by Gasteiger charge is 2.51. The van der Waals surface area contributed by atoms with Crippen LogP contribution < -0.4 is 9.64 Å². The van der Waals surface area contributed by atoms with E-state index in [0.717, 1.165) is 74.3 Å². The number of amides is 2. The Morgan fingerprint density at radius 3 is 2.33 bits per heavy atom. The average molecular weight is 669 g/mol. The molecule has 10 heteroatoms. The summed E-state index contributed by atoms with van der Waals surface area (Å²) in [5, 5.41) is 13.4. The van der Waals surface area contributed by atoms with E-state index >= 15 is 0 Å². The molecule has 1 aromatic carbocycles. The normalized spacial score (nSPS) is 26.8. The van der Waals surface area contributed by atoms with Gasteiger partial charge >= 0.3 is 6.09 Å². The molecule has 0 unspecified atom stereocenters. The maximum absolute atomic E-state index is 14.6. The van der Waals surface area contributed by atoms with Gasteiger partial charge < -0.3 is 19.3 Å². The van der Waals surface area contributed by atoms with Gasteiger partial charge in [0.1, 0.15) is 11.9 Å². The molecule has 49 heavy (non-hydrogen) atoms. The summed E-state index contributed by atoms with van der Waals surface area (Å²) in [5.74, 6) is 1.51. The fourth-order valence-corrected chi connectivity index (χ4v) is 8.88. The van der Waals surface area contributed by atoms with Gasteiger partial charge in [-0.05, 0) is 125 Å². The van der Waals surface area contributed by atoms with Crippen molar-refractivity contribution in [1.29, 1.82) is 0 Å². The lowest BCUT2D eigenvalue weighted by Crippen LogP contribution is -2.52. The van der Waals surface area contributed by atoms with Gasteiger partial charge in [0, 0.05) is 43.4 Å². The Morgan fingerprint density at radius 2 is 1.71 bits per heavy atom. The Hall–Kier alpha value is -3.95. The molecule has 2 bridgehead atoms. The van der Waals surface area contributed by atoms with Gasteiger partial charge in [-0.15, -0.1) is 0 Å². The Labute approximate surface area is 290 Å². The number of aryl methyl sites for hydroxylation is 1. The summed E-state index contributed by atoms with van der Waals surface area (Å²) in [6.45, 7) is 10.7. The van der Waals surface area contributed by atoms with Gasteiger partial charge in [0.05, 0.1) is 30.9 Å². The molecule has 4 saturated carbocycles. The molecule has 10 nitrogen and oxygen atoms in total. The predicted molar refractivity (Wildman–Crippen MR) is 188 cm³/mol. The maximum atomic E-state index is 14.6. The van der Waals surface area contributed by atoms with E-state index in [2.05, 4.69) is 61.2 Å². The van der Waals surface area contributed by atoms with Crippen molar-refractivity contribution in [2.24, 2.45) is 17.3 Å². The van der Waals surface area contributed by atoms with Crippen LogP contribution in [0.2, 0.25) is 0 Å². The maximum Gasteiger partial charge on any atom is 0.410 e. The van der Waals surface area contributed by atoms with Gasteiger partial charge in [-0.3, -0.25) is 9.48 Å². The zero-order chi connectivity index (χ0) is 34.3. The molecule has 8 rings (SSSR count). The first kappa shape index (κ1) is 33.5. The van der Waals surface area contributed by atoms with Crippen molar-refractivity contribution in [2.75, 3.05) is 31.6 Å². The summed E-state index contributed by atoms with van der Waals surface area (Å²) in [5.41, 5.74) is 5.28. The molecule has 3 heterocycles. The van der Waals surface area contributed by atoms with Crippen LogP contribution in [-0.4, -0.2) is 69.7 Å². The van der Waals surface area contributed by atoms with E-state index in [1.807, 2.05) is 28.0 Å². The molecule has 1 aliphatic heterocycles. The summed E-state index contributed by atoms with van der Waals surface area (Å²) in [6.07, 6.45) is 14.7. The summed E-state index contributed by atoms with van der Waals surface area (Å²) in [6, 6.07) is 8.97. The number of fused-ring (bicyclic) bond motifs is 3. The molecule has 0 spiro atoms. The van der Waals surface area contributed by atoms with E-state index in [1.54, 1.807) is 18.2 Å². The number of methoxy groups -OCH3 is 1. The fourth-order valence-electron chi connectivity index (χ4n) is 8.88. The van der Waals surface area contributed by atoms with Crippen LogP contribution in [-0.2, 0) is 14.9 Å². The van der Waals surface area contributed by atoms with Crippen LogP contribution in [0.25, 0.3) is 11.3 Å². The van der Waals surface area contributed by atoms with Crippen molar-refractivity contribution in [3.63, 3.8) is 0 Å². The molecular formula is C39H52N6O4. The van der Waals surface area contributed by atoms with Crippen LogP contribution in [0, 0.1) is 24.2 Å². The molecule has 0 radical (unpaired) electrons. The highest BCUT2D eigenvalue weighted by Crippen LogP contribution is 2.58. The number of carbonyl (C=O) groups is 2. The third kappa shape index (κ3) is 6.67. The number of likely N-dealkylation sites (tertiary alicyclic amines) is 1. The summed E-state index contributed by atoms with van der Waals surface area (Å²) in [7, 11) is 1.73. The molecule has 5 fully saturated rings. The monoisotopic (exact) mass is 668 g/mol.